The molecule has 1 amide bonds. The Kier molecular flexibility index (Phi) is 3.80. The summed E-state index contributed by atoms with van der Waals surface area (Å²) in [7, 11) is 0. The average Bonchev–Trinajstić information content (AvgIpc) is 2.97. The maximum absolute atomic E-state index is 13.8. The Labute approximate surface area is 135 Å². The summed E-state index contributed by atoms with van der Waals surface area (Å²) in [5.74, 6) is 2.14. The zero-order valence-corrected chi connectivity index (χ0v) is 12.6. The summed E-state index contributed by atoms with van der Waals surface area (Å²) in [6.45, 7) is 1.19. The summed E-state index contributed by atoms with van der Waals surface area (Å²) in [6, 6.07) is 6.30. The maximum Gasteiger partial charge on any atom is 0.445 e. The normalized spacial score (nSPS) is 23.5. The van der Waals surface area contributed by atoms with Gasteiger partial charge in [-0.25, -0.2) is 4.79 Å². The van der Waals surface area contributed by atoms with E-state index < -0.39 is 17.9 Å². The van der Waals surface area contributed by atoms with Gasteiger partial charge in [0.1, 0.15) is 0 Å². The number of fused-ring (bicyclic) bond motifs is 1. The summed E-state index contributed by atoms with van der Waals surface area (Å²) in [5.41, 5.74) is -3.36. The number of nitrogens with zero attached hydrogens (tertiary/aromatic N) is 1. The van der Waals surface area contributed by atoms with Gasteiger partial charge in [-0.15, -0.1) is 0 Å². The van der Waals surface area contributed by atoms with Gasteiger partial charge in [-0.3, -0.25) is 5.32 Å². The number of carbonyl (C=O) groups excluding carboxylic acids is 1. The Bertz CT molecular complexity index is 705. The summed E-state index contributed by atoms with van der Waals surface area (Å²) < 4.78 is 46.0. The average molecular weight is 345 g/mol. The number of ether oxygens (including phenoxy) is 1. The number of nitrogens with one attached hydrogen (secondary N) is 1. The van der Waals surface area contributed by atoms with Gasteiger partial charge in [0, 0.05) is 29.7 Å². The van der Waals surface area contributed by atoms with Crippen LogP contribution in [0.25, 0.3) is 0 Å². The zero-order chi connectivity index (χ0) is 16.7. The van der Waals surface area contributed by atoms with Crippen molar-refractivity contribution >= 4 is 23.4 Å². The van der Waals surface area contributed by atoms with E-state index in [4.69, 9.17) is 11.6 Å². The first kappa shape index (κ1) is 15.8. The van der Waals surface area contributed by atoms with Gasteiger partial charge < -0.3 is 9.64 Å². The predicted octanol–water partition coefficient (Wildman–Crippen LogP) is 3.72. The van der Waals surface area contributed by atoms with Crippen LogP contribution in [0.3, 0.4) is 0 Å². The molecule has 4 nitrogen and oxygen atoms in total. The van der Waals surface area contributed by atoms with Crippen LogP contribution < -0.4 is 5.32 Å². The number of likely N-dealkylation sites (tertiary alicyclic amines) is 1. The molecule has 0 spiro atoms. The molecular weight excluding hydrogens is 333 g/mol. The van der Waals surface area contributed by atoms with Crippen molar-refractivity contribution < 1.29 is 22.7 Å². The Morgan fingerprint density at radius 3 is 2.65 bits per heavy atom. The summed E-state index contributed by atoms with van der Waals surface area (Å²) in [5, 5.41) is 2.34. The van der Waals surface area contributed by atoms with E-state index in [-0.39, 0.29) is 16.3 Å². The lowest BCUT2D eigenvalue weighted by molar-refractivity contribution is -0.239. The molecule has 23 heavy (non-hydrogen) atoms. The summed E-state index contributed by atoms with van der Waals surface area (Å²) >= 11 is 5.82. The molecule has 0 saturated carbocycles. The van der Waals surface area contributed by atoms with E-state index >= 15 is 0 Å². The van der Waals surface area contributed by atoms with Crippen LogP contribution in [0.5, 0.6) is 0 Å². The zero-order valence-electron chi connectivity index (χ0n) is 11.8. The molecule has 1 aromatic carbocycles. The standard InChI is InChI=1S/C15H12ClF3N2O2/c16-10-3-4-12-11(9-10)14(15(17,18)19,23-13(22)20-12)5-8-21-6-1-2-7-21/h3-4,9H,1-2,6-7H2,(H,20,22). The van der Waals surface area contributed by atoms with Gasteiger partial charge in [0.05, 0.1) is 5.69 Å². The minimum absolute atomic E-state index is 0.0151. The molecule has 2 aliphatic heterocycles. The minimum Gasteiger partial charge on any atom is -0.415 e. The summed E-state index contributed by atoms with van der Waals surface area (Å²) in [6.07, 6.45) is -4.36. The second kappa shape index (κ2) is 5.53. The van der Waals surface area contributed by atoms with Gasteiger partial charge in [0.15, 0.2) is 0 Å². The number of alkyl halides is 3. The van der Waals surface area contributed by atoms with Crippen LogP contribution in [0.2, 0.25) is 5.02 Å². The maximum atomic E-state index is 13.8. The van der Waals surface area contributed by atoms with Crippen LogP contribution in [0.4, 0.5) is 23.7 Å². The third-order valence-corrected chi connectivity index (χ3v) is 3.97. The molecule has 0 bridgehead atoms. The molecule has 0 radical (unpaired) electrons. The molecule has 8 heteroatoms. The first-order valence-electron chi connectivity index (χ1n) is 6.96. The van der Waals surface area contributed by atoms with E-state index in [0.717, 1.165) is 18.9 Å². The van der Waals surface area contributed by atoms with Gasteiger partial charge in [0.25, 0.3) is 5.60 Å². The minimum atomic E-state index is -4.91. The lowest BCUT2D eigenvalue weighted by Crippen LogP contribution is -2.49. The molecule has 122 valence electrons. The SMILES string of the molecule is O=C1Nc2ccc(Cl)cc2C(C#CN2CCCC2)(C(F)(F)F)O1. The molecule has 2 aliphatic rings. The smallest absolute Gasteiger partial charge is 0.415 e. The van der Waals surface area contributed by atoms with Gasteiger partial charge in [-0.05, 0) is 37.0 Å². The summed E-state index contributed by atoms with van der Waals surface area (Å²) in [4.78, 5) is 13.2. The quantitative estimate of drug-likeness (QED) is 0.729. The molecule has 1 unspecified atom stereocenters. The topological polar surface area (TPSA) is 41.6 Å². The van der Waals surface area contributed by atoms with Crippen LogP contribution in [-0.2, 0) is 10.3 Å². The van der Waals surface area contributed by atoms with Crippen LogP contribution in [0, 0.1) is 12.0 Å². The highest BCUT2D eigenvalue weighted by Crippen LogP contribution is 2.47. The largest absolute Gasteiger partial charge is 0.445 e. The highest BCUT2D eigenvalue weighted by molar-refractivity contribution is 6.30. The molecule has 1 atom stereocenters. The molecule has 0 aromatic heterocycles. The monoisotopic (exact) mass is 344 g/mol. The van der Waals surface area contributed by atoms with E-state index in [1.54, 1.807) is 4.90 Å². The predicted molar refractivity (Wildman–Crippen MR) is 77.9 cm³/mol. The third-order valence-electron chi connectivity index (χ3n) is 3.74. The Balaban J connectivity index is 2.16. The van der Waals surface area contributed by atoms with Crippen molar-refractivity contribution in [3.63, 3.8) is 0 Å². The van der Waals surface area contributed by atoms with E-state index in [9.17, 15) is 18.0 Å². The fourth-order valence-electron chi connectivity index (χ4n) is 2.61. The molecule has 0 aliphatic carbocycles. The lowest BCUT2D eigenvalue weighted by atomic mass is 9.90. The van der Waals surface area contributed by atoms with Crippen LogP contribution in [0.1, 0.15) is 18.4 Å². The molecule has 3 rings (SSSR count). The number of carbonyl (C=O) groups is 1. The van der Waals surface area contributed by atoms with Crippen molar-refractivity contribution in [2.45, 2.75) is 24.6 Å². The third kappa shape index (κ3) is 2.79. The number of cyclic esters (lactones) is 1. The Hall–Kier alpha value is -2.07. The number of hydrogen-bond donors (Lipinski definition) is 1. The first-order chi connectivity index (χ1) is 10.8. The van der Waals surface area contributed by atoms with Crippen molar-refractivity contribution in [2.24, 2.45) is 0 Å². The van der Waals surface area contributed by atoms with Crippen LogP contribution in [0.15, 0.2) is 18.2 Å². The fraction of sp³-hybridized carbons (Fsp3) is 0.400. The molecule has 2 heterocycles. The first-order valence-corrected chi connectivity index (χ1v) is 7.34. The molecule has 1 N–H and O–H groups in total. The highest BCUT2D eigenvalue weighted by atomic mass is 35.5. The fourth-order valence-corrected chi connectivity index (χ4v) is 2.78. The number of amides is 1. The molecule has 1 fully saturated rings. The molecule has 1 aromatic rings. The van der Waals surface area contributed by atoms with Gasteiger partial charge in [-0.1, -0.05) is 11.6 Å². The van der Waals surface area contributed by atoms with E-state index in [2.05, 4.69) is 22.0 Å². The van der Waals surface area contributed by atoms with Crippen LogP contribution >= 0.6 is 11.6 Å². The van der Waals surface area contributed by atoms with Crippen molar-refractivity contribution in [1.29, 1.82) is 0 Å². The van der Waals surface area contributed by atoms with E-state index in [1.165, 1.54) is 12.1 Å². The number of benzene rings is 1. The second-order valence-corrected chi connectivity index (χ2v) is 5.75. The van der Waals surface area contributed by atoms with Gasteiger partial charge >= 0.3 is 12.3 Å². The van der Waals surface area contributed by atoms with E-state index in [1.807, 2.05) is 0 Å². The van der Waals surface area contributed by atoms with Crippen molar-refractivity contribution in [3.8, 4) is 12.0 Å². The molecular formula is C15H12ClF3N2O2. The highest BCUT2D eigenvalue weighted by Gasteiger charge is 2.62. The Morgan fingerprint density at radius 2 is 2.00 bits per heavy atom. The van der Waals surface area contributed by atoms with Crippen molar-refractivity contribution in [1.82, 2.24) is 4.90 Å². The Morgan fingerprint density at radius 1 is 1.30 bits per heavy atom. The molecule has 1 saturated heterocycles. The second-order valence-electron chi connectivity index (χ2n) is 5.31. The van der Waals surface area contributed by atoms with Crippen LogP contribution in [-0.4, -0.2) is 30.3 Å². The van der Waals surface area contributed by atoms with E-state index in [0.29, 0.717) is 13.1 Å². The number of halogens is 4. The number of anilines is 1. The number of hydrogen-bond acceptors (Lipinski definition) is 3. The van der Waals surface area contributed by atoms with Crippen molar-refractivity contribution in [3.05, 3.63) is 28.8 Å². The number of rotatable bonds is 0. The van der Waals surface area contributed by atoms with Gasteiger partial charge in [-0.2, -0.15) is 13.2 Å². The van der Waals surface area contributed by atoms with Crippen molar-refractivity contribution in [2.75, 3.05) is 18.4 Å². The lowest BCUT2D eigenvalue weighted by Gasteiger charge is -2.35. The van der Waals surface area contributed by atoms with Gasteiger partial charge in [0.2, 0.25) is 0 Å².